The van der Waals surface area contributed by atoms with E-state index < -0.39 is 0 Å². The lowest BCUT2D eigenvalue weighted by atomic mass is 9.72. The van der Waals surface area contributed by atoms with Crippen molar-refractivity contribution in [1.29, 1.82) is 0 Å². The first-order chi connectivity index (χ1) is 5.77. The van der Waals surface area contributed by atoms with Crippen LogP contribution in [0.1, 0.15) is 32.6 Å². The Hall–Kier alpha value is -0.195. The van der Waals surface area contributed by atoms with E-state index in [2.05, 4.69) is 27.4 Å². The second-order valence-corrected chi connectivity index (χ2v) is 4.33. The molecule has 0 heterocycles. The van der Waals surface area contributed by atoms with Crippen molar-refractivity contribution >= 4 is 7.85 Å². The fourth-order valence-electron chi connectivity index (χ4n) is 2.41. The van der Waals surface area contributed by atoms with Crippen LogP contribution in [-0.4, -0.2) is 7.85 Å². The zero-order valence-corrected chi connectivity index (χ0v) is 8.55. The van der Waals surface area contributed by atoms with Crippen molar-refractivity contribution < 1.29 is 0 Å². The van der Waals surface area contributed by atoms with Crippen LogP contribution in [0, 0.1) is 17.8 Å². The molecular formula is C11H21B. The monoisotopic (exact) mass is 164 g/mol. The van der Waals surface area contributed by atoms with E-state index in [0.29, 0.717) is 0 Å². The van der Waals surface area contributed by atoms with Crippen LogP contribution < -0.4 is 0 Å². The van der Waals surface area contributed by atoms with Gasteiger partial charge in [-0.15, -0.1) is 6.58 Å². The minimum atomic E-state index is 0.789. The molecule has 1 aliphatic carbocycles. The van der Waals surface area contributed by atoms with Crippen LogP contribution in [0.25, 0.3) is 0 Å². The molecule has 0 N–H and O–H groups in total. The molecule has 0 nitrogen and oxygen atoms in total. The summed E-state index contributed by atoms with van der Waals surface area (Å²) >= 11 is 0. The summed E-state index contributed by atoms with van der Waals surface area (Å²) in [6, 6.07) is 0. The smallest absolute Gasteiger partial charge is 0.102 e. The van der Waals surface area contributed by atoms with Crippen molar-refractivity contribution in [3.8, 4) is 0 Å². The molecule has 1 heteroatoms. The third-order valence-corrected chi connectivity index (χ3v) is 3.44. The average molecular weight is 164 g/mol. The lowest BCUT2D eigenvalue weighted by Gasteiger charge is -2.30. The summed E-state index contributed by atoms with van der Waals surface area (Å²) in [4.78, 5) is 0. The first kappa shape index (κ1) is 9.89. The number of hydrogen-bond donors (Lipinski definition) is 0. The normalized spacial score (nSPS) is 32.8. The van der Waals surface area contributed by atoms with Crippen molar-refractivity contribution in [1.82, 2.24) is 0 Å². The van der Waals surface area contributed by atoms with Gasteiger partial charge in [-0.2, -0.15) is 0 Å². The highest BCUT2D eigenvalue weighted by Gasteiger charge is 2.22. The van der Waals surface area contributed by atoms with Crippen molar-refractivity contribution in [3.05, 3.63) is 12.7 Å². The van der Waals surface area contributed by atoms with Gasteiger partial charge in [0.15, 0.2) is 0 Å². The summed E-state index contributed by atoms with van der Waals surface area (Å²) < 4.78 is 0. The van der Waals surface area contributed by atoms with E-state index in [0.717, 1.165) is 17.8 Å². The Kier molecular flexibility index (Phi) is 3.91. The van der Waals surface area contributed by atoms with Crippen molar-refractivity contribution in [2.45, 2.75) is 38.9 Å². The summed E-state index contributed by atoms with van der Waals surface area (Å²) in [5, 5.41) is 0. The highest BCUT2D eigenvalue weighted by atomic mass is 14.3. The quantitative estimate of drug-likeness (QED) is 0.444. The highest BCUT2D eigenvalue weighted by molar-refractivity contribution is 6.08. The Morgan fingerprint density at radius 2 is 2.00 bits per heavy atom. The maximum atomic E-state index is 3.93. The molecular weight excluding hydrogens is 143 g/mol. The molecule has 0 aromatic carbocycles. The van der Waals surface area contributed by atoms with Crippen molar-refractivity contribution in [2.75, 3.05) is 0 Å². The van der Waals surface area contributed by atoms with Gasteiger partial charge in [0.05, 0.1) is 0 Å². The first-order valence-corrected chi connectivity index (χ1v) is 5.40. The standard InChI is InChI=1S/C11H21B/c1-3-10(8-12)11-6-4-9(2)5-7-11/h3,9-11H,1,4-8,12H2,2H3. The van der Waals surface area contributed by atoms with E-state index in [9.17, 15) is 0 Å². The fraction of sp³-hybridized carbons (Fsp3) is 0.818. The van der Waals surface area contributed by atoms with E-state index in [1.165, 1.54) is 32.0 Å². The Labute approximate surface area is 77.8 Å². The minimum Gasteiger partial charge on any atom is -0.103 e. The number of hydrogen-bond acceptors (Lipinski definition) is 0. The second-order valence-electron chi connectivity index (χ2n) is 4.33. The van der Waals surface area contributed by atoms with Gasteiger partial charge >= 0.3 is 0 Å². The number of rotatable bonds is 3. The minimum absolute atomic E-state index is 0.789. The lowest BCUT2D eigenvalue weighted by molar-refractivity contribution is 0.250. The molecule has 1 fully saturated rings. The zero-order valence-electron chi connectivity index (χ0n) is 8.55. The Balaban J connectivity index is 2.37. The zero-order chi connectivity index (χ0) is 8.97. The molecule has 0 spiro atoms. The molecule has 1 saturated carbocycles. The van der Waals surface area contributed by atoms with Crippen LogP contribution in [0.3, 0.4) is 0 Å². The van der Waals surface area contributed by atoms with Gasteiger partial charge in [0.2, 0.25) is 0 Å². The topological polar surface area (TPSA) is 0 Å². The maximum absolute atomic E-state index is 3.93. The summed E-state index contributed by atoms with van der Waals surface area (Å²) in [5.41, 5.74) is 0. The molecule has 0 bridgehead atoms. The predicted molar refractivity (Wildman–Crippen MR) is 58.2 cm³/mol. The van der Waals surface area contributed by atoms with E-state index in [-0.39, 0.29) is 0 Å². The number of allylic oxidation sites excluding steroid dienone is 1. The molecule has 0 saturated heterocycles. The largest absolute Gasteiger partial charge is 0.103 e. The van der Waals surface area contributed by atoms with E-state index >= 15 is 0 Å². The van der Waals surface area contributed by atoms with Crippen LogP contribution >= 0.6 is 0 Å². The van der Waals surface area contributed by atoms with Gasteiger partial charge in [-0.05, 0) is 30.6 Å². The van der Waals surface area contributed by atoms with Crippen molar-refractivity contribution in [2.24, 2.45) is 17.8 Å². The second kappa shape index (κ2) is 4.74. The van der Waals surface area contributed by atoms with E-state index in [1.807, 2.05) is 0 Å². The van der Waals surface area contributed by atoms with Crippen LogP contribution in [-0.2, 0) is 0 Å². The third-order valence-electron chi connectivity index (χ3n) is 3.44. The molecule has 0 aromatic rings. The van der Waals surface area contributed by atoms with Gasteiger partial charge in [-0.25, -0.2) is 0 Å². The summed E-state index contributed by atoms with van der Waals surface area (Å²) in [5.74, 6) is 2.71. The molecule has 1 aliphatic rings. The average Bonchev–Trinajstić information content (AvgIpc) is 2.10. The fourth-order valence-corrected chi connectivity index (χ4v) is 2.41. The molecule has 0 aliphatic heterocycles. The van der Waals surface area contributed by atoms with Gasteiger partial charge in [-0.3, -0.25) is 0 Å². The highest BCUT2D eigenvalue weighted by Crippen LogP contribution is 2.34. The van der Waals surface area contributed by atoms with Gasteiger partial charge < -0.3 is 0 Å². The Morgan fingerprint density at radius 1 is 1.42 bits per heavy atom. The van der Waals surface area contributed by atoms with Gasteiger partial charge in [-0.1, -0.05) is 32.2 Å². The molecule has 1 unspecified atom stereocenters. The Morgan fingerprint density at radius 3 is 2.42 bits per heavy atom. The van der Waals surface area contributed by atoms with E-state index in [1.54, 1.807) is 0 Å². The van der Waals surface area contributed by atoms with Crippen LogP contribution in [0.5, 0.6) is 0 Å². The molecule has 0 radical (unpaired) electrons. The summed E-state index contributed by atoms with van der Waals surface area (Å²) in [6.45, 7) is 6.31. The molecule has 0 aromatic heterocycles. The molecule has 68 valence electrons. The maximum Gasteiger partial charge on any atom is 0.102 e. The van der Waals surface area contributed by atoms with Crippen LogP contribution in [0.2, 0.25) is 6.32 Å². The molecule has 12 heavy (non-hydrogen) atoms. The molecule has 1 rings (SSSR count). The van der Waals surface area contributed by atoms with Crippen LogP contribution in [0.4, 0.5) is 0 Å². The molecule has 0 amide bonds. The molecule has 1 atom stereocenters. The van der Waals surface area contributed by atoms with Crippen molar-refractivity contribution in [3.63, 3.8) is 0 Å². The first-order valence-electron chi connectivity index (χ1n) is 5.40. The predicted octanol–water partition coefficient (Wildman–Crippen LogP) is 2.67. The Bertz CT molecular complexity index is 134. The van der Waals surface area contributed by atoms with Crippen LogP contribution in [0.15, 0.2) is 12.7 Å². The van der Waals surface area contributed by atoms with Gasteiger partial charge in [0.25, 0.3) is 0 Å². The van der Waals surface area contributed by atoms with Gasteiger partial charge in [0.1, 0.15) is 7.85 Å². The summed E-state index contributed by atoms with van der Waals surface area (Å²) in [7, 11) is 2.28. The van der Waals surface area contributed by atoms with E-state index in [4.69, 9.17) is 0 Å². The lowest BCUT2D eigenvalue weighted by Crippen LogP contribution is -2.19. The SMILES string of the molecule is BCC(C=C)C1CCC(C)CC1. The van der Waals surface area contributed by atoms with Gasteiger partial charge in [0, 0.05) is 0 Å². The summed E-state index contributed by atoms with van der Waals surface area (Å²) in [6.07, 6.45) is 9.20. The third kappa shape index (κ3) is 2.40.